The zero-order valence-electron chi connectivity index (χ0n) is 16.3. The van der Waals surface area contributed by atoms with E-state index >= 15 is 0 Å². The van der Waals surface area contributed by atoms with Crippen molar-refractivity contribution in [1.29, 1.82) is 0 Å². The number of carbonyl (C=O) groups is 2. The van der Waals surface area contributed by atoms with Gasteiger partial charge in [0, 0.05) is 10.7 Å². The van der Waals surface area contributed by atoms with Gasteiger partial charge in [0.05, 0.1) is 4.90 Å². The van der Waals surface area contributed by atoms with Gasteiger partial charge in [0.1, 0.15) is 6.04 Å². The van der Waals surface area contributed by atoms with Gasteiger partial charge in [-0.25, -0.2) is 8.42 Å². The number of ether oxygens (including phenoxy) is 1. The molecule has 2 rings (SSSR count). The van der Waals surface area contributed by atoms with E-state index < -0.39 is 34.5 Å². The van der Waals surface area contributed by atoms with Crippen LogP contribution in [0.25, 0.3) is 0 Å². The summed E-state index contributed by atoms with van der Waals surface area (Å²) in [6.07, 6.45) is 0. The summed E-state index contributed by atoms with van der Waals surface area (Å²) >= 11 is 5.74. The number of halogens is 1. The Bertz CT molecular complexity index is 957. The van der Waals surface area contributed by atoms with Crippen molar-refractivity contribution in [2.45, 2.75) is 37.6 Å². The van der Waals surface area contributed by atoms with E-state index in [1.54, 1.807) is 12.1 Å². The first-order valence-corrected chi connectivity index (χ1v) is 10.8. The lowest BCUT2D eigenvalue weighted by Gasteiger charge is -2.14. The predicted octanol–water partition coefficient (Wildman–Crippen LogP) is 3.31. The second-order valence-corrected chi connectivity index (χ2v) is 8.88. The van der Waals surface area contributed by atoms with Crippen LogP contribution in [0.5, 0.6) is 0 Å². The number of esters is 1. The molecule has 9 heteroatoms. The molecule has 0 unspecified atom stereocenters. The Kier molecular flexibility index (Phi) is 7.78. The second kappa shape index (κ2) is 9.87. The minimum absolute atomic E-state index is 0.0378. The van der Waals surface area contributed by atoms with Crippen molar-refractivity contribution in [1.82, 2.24) is 4.72 Å². The van der Waals surface area contributed by atoms with Gasteiger partial charge in [0.25, 0.3) is 5.91 Å². The average Bonchev–Trinajstić information content (AvgIpc) is 2.66. The summed E-state index contributed by atoms with van der Waals surface area (Å²) in [5.41, 5.74) is 1.71. The summed E-state index contributed by atoms with van der Waals surface area (Å²) in [7, 11) is -3.93. The summed E-state index contributed by atoms with van der Waals surface area (Å²) in [4.78, 5) is 24.0. The third-order valence-corrected chi connectivity index (χ3v) is 5.82. The Morgan fingerprint density at radius 3 is 2.14 bits per heavy atom. The number of benzene rings is 2. The van der Waals surface area contributed by atoms with Crippen molar-refractivity contribution in [3.8, 4) is 0 Å². The summed E-state index contributed by atoms with van der Waals surface area (Å²) in [5, 5.41) is 3.00. The standard InChI is InChI=1S/C20H23ClN2O5S/c1-13(2)15-4-8-17(9-5-15)22-19(24)12-28-20(25)14(3)23-29(26,27)18-10-6-16(21)7-11-18/h4-11,13-14,23H,12H2,1-3H3,(H,22,24)/t14-/m0/s1. The van der Waals surface area contributed by atoms with E-state index in [0.29, 0.717) is 16.6 Å². The Morgan fingerprint density at radius 2 is 1.59 bits per heavy atom. The molecule has 0 saturated carbocycles. The van der Waals surface area contributed by atoms with Gasteiger partial charge in [0.2, 0.25) is 10.0 Å². The lowest BCUT2D eigenvalue weighted by Crippen LogP contribution is -2.40. The highest BCUT2D eigenvalue weighted by atomic mass is 35.5. The maximum Gasteiger partial charge on any atom is 0.324 e. The molecule has 0 aliphatic heterocycles. The van der Waals surface area contributed by atoms with E-state index in [-0.39, 0.29) is 4.90 Å². The van der Waals surface area contributed by atoms with Gasteiger partial charge < -0.3 is 10.1 Å². The summed E-state index contributed by atoms with van der Waals surface area (Å²) < 4.78 is 31.6. The van der Waals surface area contributed by atoms with Crippen LogP contribution < -0.4 is 10.0 Å². The normalized spacial score (nSPS) is 12.4. The van der Waals surface area contributed by atoms with Crippen molar-refractivity contribution in [3.05, 3.63) is 59.1 Å². The van der Waals surface area contributed by atoms with E-state index in [9.17, 15) is 18.0 Å². The van der Waals surface area contributed by atoms with Crippen molar-refractivity contribution >= 4 is 39.2 Å². The van der Waals surface area contributed by atoms with E-state index in [1.807, 2.05) is 12.1 Å². The molecule has 0 bridgehead atoms. The first kappa shape index (κ1) is 22.9. The molecule has 0 heterocycles. The maximum absolute atomic E-state index is 12.3. The molecule has 0 spiro atoms. The fraction of sp³-hybridized carbons (Fsp3) is 0.300. The minimum atomic E-state index is -3.93. The molecule has 1 atom stereocenters. The molecule has 1 amide bonds. The van der Waals surface area contributed by atoms with E-state index in [1.165, 1.54) is 31.2 Å². The van der Waals surface area contributed by atoms with Crippen LogP contribution in [0.2, 0.25) is 5.02 Å². The van der Waals surface area contributed by atoms with Crippen LogP contribution in [-0.4, -0.2) is 32.9 Å². The van der Waals surface area contributed by atoms with Gasteiger partial charge in [-0.15, -0.1) is 0 Å². The smallest absolute Gasteiger partial charge is 0.324 e. The molecule has 0 radical (unpaired) electrons. The average molecular weight is 439 g/mol. The van der Waals surface area contributed by atoms with Crippen LogP contribution in [0.15, 0.2) is 53.4 Å². The van der Waals surface area contributed by atoms with Gasteiger partial charge in [-0.3, -0.25) is 9.59 Å². The molecule has 2 aromatic carbocycles. The fourth-order valence-corrected chi connectivity index (χ4v) is 3.69. The molecule has 0 fully saturated rings. The monoisotopic (exact) mass is 438 g/mol. The summed E-state index contributed by atoms with van der Waals surface area (Å²) in [6.45, 7) is 4.93. The highest BCUT2D eigenvalue weighted by Crippen LogP contribution is 2.17. The van der Waals surface area contributed by atoms with Crippen LogP contribution in [-0.2, 0) is 24.3 Å². The first-order valence-electron chi connectivity index (χ1n) is 8.93. The number of anilines is 1. The van der Waals surface area contributed by atoms with Crippen LogP contribution in [0, 0.1) is 0 Å². The zero-order valence-corrected chi connectivity index (χ0v) is 17.9. The summed E-state index contributed by atoms with van der Waals surface area (Å²) in [5.74, 6) is -1.02. The lowest BCUT2D eigenvalue weighted by atomic mass is 10.0. The van der Waals surface area contributed by atoms with Gasteiger partial charge in [-0.1, -0.05) is 37.6 Å². The second-order valence-electron chi connectivity index (χ2n) is 6.73. The summed E-state index contributed by atoms with van der Waals surface area (Å²) in [6, 6.07) is 11.7. The number of rotatable bonds is 8. The predicted molar refractivity (Wildman–Crippen MR) is 111 cm³/mol. The van der Waals surface area contributed by atoms with Crippen molar-refractivity contribution < 1.29 is 22.7 Å². The fourth-order valence-electron chi connectivity index (χ4n) is 2.37. The number of nitrogens with one attached hydrogen (secondary N) is 2. The molecule has 29 heavy (non-hydrogen) atoms. The largest absolute Gasteiger partial charge is 0.454 e. The highest BCUT2D eigenvalue weighted by Gasteiger charge is 2.23. The van der Waals surface area contributed by atoms with Gasteiger partial charge in [-0.2, -0.15) is 4.72 Å². The maximum atomic E-state index is 12.3. The lowest BCUT2D eigenvalue weighted by molar-refractivity contribution is -0.148. The molecule has 0 saturated heterocycles. The third kappa shape index (κ3) is 6.85. The molecule has 2 aromatic rings. The van der Waals surface area contributed by atoms with Crippen molar-refractivity contribution in [3.63, 3.8) is 0 Å². The van der Waals surface area contributed by atoms with Crippen molar-refractivity contribution in [2.24, 2.45) is 0 Å². The van der Waals surface area contributed by atoms with Gasteiger partial charge in [-0.05, 0) is 54.8 Å². The Labute approximate surface area is 175 Å². The Balaban J connectivity index is 1.85. The molecular formula is C20H23ClN2O5S. The number of carbonyl (C=O) groups excluding carboxylic acids is 2. The van der Waals surface area contributed by atoms with Crippen LogP contribution in [0.4, 0.5) is 5.69 Å². The number of hydrogen-bond donors (Lipinski definition) is 2. The van der Waals surface area contributed by atoms with Crippen LogP contribution in [0.1, 0.15) is 32.3 Å². The molecule has 0 aliphatic carbocycles. The Morgan fingerprint density at radius 1 is 1.00 bits per heavy atom. The van der Waals surface area contributed by atoms with Gasteiger partial charge in [0.15, 0.2) is 6.61 Å². The van der Waals surface area contributed by atoms with Crippen LogP contribution >= 0.6 is 11.6 Å². The highest BCUT2D eigenvalue weighted by molar-refractivity contribution is 7.89. The molecule has 2 N–H and O–H groups in total. The minimum Gasteiger partial charge on any atom is -0.454 e. The molecule has 0 aromatic heterocycles. The molecule has 0 aliphatic rings. The number of amides is 1. The first-order chi connectivity index (χ1) is 13.6. The van der Waals surface area contributed by atoms with E-state index in [2.05, 4.69) is 23.9 Å². The quantitative estimate of drug-likeness (QED) is 0.615. The zero-order chi connectivity index (χ0) is 21.6. The van der Waals surface area contributed by atoms with Crippen LogP contribution in [0.3, 0.4) is 0 Å². The van der Waals surface area contributed by atoms with E-state index in [4.69, 9.17) is 16.3 Å². The van der Waals surface area contributed by atoms with Crippen molar-refractivity contribution in [2.75, 3.05) is 11.9 Å². The molecule has 156 valence electrons. The number of hydrogen-bond acceptors (Lipinski definition) is 5. The Hall–Kier alpha value is -2.42. The third-order valence-electron chi connectivity index (χ3n) is 4.02. The topological polar surface area (TPSA) is 102 Å². The SMILES string of the molecule is CC(C)c1ccc(NC(=O)COC(=O)[C@H](C)NS(=O)(=O)c2ccc(Cl)cc2)cc1. The van der Waals surface area contributed by atoms with E-state index in [0.717, 1.165) is 5.56 Å². The molecule has 7 nitrogen and oxygen atoms in total. The molecular weight excluding hydrogens is 416 g/mol. The van der Waals surface area contributed by atoms with Gasteiger partial charge >= 0.3 is 5.97 Å². The number of sulfonamides is 1.